The fourth-order valence-corrected chi connectivity index (χ4v) is 6.35. The van der Waals surface area contributed by atoms with Crippen LogP contribution in [0.3, 0.4) is 0 Å². The van der Waals surface area contributed by atoms with E-state index in [2.05, 4.69) is 44.7 Å². The zero-order chi connectivity index (χ0) is 23.3. The van der Waals surface area contributed by atoms with Crippen molar-refractivity contribution in [3.63, 3.8) is 0 Å². The van der Waals surface area contributed by atoms with E-state index in [-0.39, 0.29) is 5.92 Å². The number of hydrogen-bond donors (Lipinski definition) is 1. The zero-order valence-electron chi connectivity index (χ0n) is 20.6. The predicted molar refractivity (Wildman–Crippen MR) is 133 cm³/mol. The molecule has 5 rings (SSSR count). The standard InChI is InChI=1S/C28H37N5/c1-5-17(3)20-9-10-23(30)22(14-29)26(20)19-7-8-21-24(13-19)31-25(6-2)32-27(21)33-15-28(16-33)12-11-18(28)4/h9-10,17-19H,5-8,11-13,15-16,30H2,1-4H3/t17-,18?,19?/m0/s1. The van der Waals surface area contributed by atoms with Crippen molar-refractivity contribution in [1.29, 1.82) is 5.26 Å². The van der Waals surface area contributed by atoms with Gasteiger partial charge in [0.25, 0.3) is 0 Å². The summed E-state index contributed by atoms with van der Waals surface area (Å²) < 4.78 is 0. The van der Waals surface area contributed by atoms with E-state index < -0.39 is 0 Å². The number of fused-ring (bicyclic) bond motifs is 1. The second-order valence-corrected chi connectivity index (χ2v) is 10.8. The normalized spacial score (nSPS) is 23.9. The van der Waals surface area contributed by atoms with Crippen molar-refractivity contribution in [1.82, 2.24) is 9.97 Å². The highest BCUT2D eigenvalue weighted by atomic mass is 15.3. The Kier molecular flexibility index (Phi) is 5.59. The third-order valence-electron chi connectivity index (χ3n) is 9.02. The average Bonchev–Trinajstić information content (AvgIpc) is 2.80. The summed E-state index contributed by atoms with van der Waals surface area (Å²) in [6.45, 7) is 11.3. The molecule has 33 heavy (non-hydrogen) atoms. The molecule has 5 nitrogen and oxygen atoms in total. The molecule has 2 N–H and O–H groups in total. The van der Waals surface area contributed by atoms with E-state index >= 15 is 0 Å². The fourth-order valence-electron chi connectivity index (χ4n) is 6.35. The van der Waals surface area contributed by atoms with E-state index in [1.807, 2.05) is 6.07 Å². The maximum Gasteiger partial charge on any atom is 0.135 e. The lowest BCUT2D eigenvalue weighted by Gasteiger charge is -2.60. The molecule has 2 heterocycles. The van der Waals surface area contributed by atoms with Crippen LogP contribution in [0.25, 0.3) is 0 Å². The molecule has 0 bridgehead atoms. The summed E-state index contributed by atoms with van der Waals surface area (Å²) >= 11 is 0. The van der Waals surface area contributed by atoms with Crippen molar-refractivity contribution >= 4 is 11.5 Å². The highest BCUT2D eigenvalue weighted by Crippen LogP contribution is 2.54. The molecule has 2 aliphatic carbocycles. The van der Waals surface area contributed by atoms with Crippen LogP contribution in [0, 0.1) is 22.7 Å². The lowest BCUT2D eigenvalue weighted by molar-refractivity contribution is 0.0112. The Labute approximate surface area is 198 Å². The molecular weight excluding hydrogens is 406 g/mol. The largest absolute Gasteiger partial charge is 0.398 e. The minimum absolute atomic E-state index is 0.279. The third kappa shape index (κ3) is 3.50. The average molecular weight is 444 g/mol. The van der Waals surface area contributed by atoms with Gasteiger partial charge in [0.1, 0.15) is 17.7 Å². The second kappa shape index (κ2) is 8.31. The number of benzene rings is 1. The zero-order valence-corrected chi connectivity index (χ0v) is 20.6. The number of nitrogen functional groups attached to an aromatic ring is 1. The lowest BCUT2D eigenvalue weighted by Crippen LogP contribution is -2.64. The molecule has 3 atom stereocenters. The number of hydrogen-bond acceptors (Lipinski definition) is 5. The second-order valence-electron chi connectivity index (χ2n) is 10.8. The van der Waals surface area contributed by atoms with Crippen molar-refractivity contribution in [2.75, 3.05) is 23.7 Å². The molecular formula is C28H37N5. The summed E-state index contributed by atoms with van der Waals surface area (Å²) in [6.07, 6.45) is 7.49. The quantitative estimate of drug-likeness (QED) is 0.616. The molecule has 0 radical (unpaired) electrons. The first-order chi connectivity index (χ1) is 15.9. The fraction of sp³-hybridized carbons (Fsp3) is 0.607. The number of rotatable bonds is 5. The van der Waals surface area contributed by atoms with Gasteiger partial charge in [-0.05, 0) is 73.5 Å². The topological polar surface area (TPSA) is 78.8 Å². The molecule has 1 saturated carbocycles. The first-order valence-electron chi connectivity index (χ1n) is 12.9. The van der Waals surface area contributed by atoms with Gasteiger partial charge in [0.15, 0.2) is 0 Å². The van der Waals surface area contributed by atoms with E-state index in [1.54, 1.807) is 0 Å². The molecule has 1 aromatic heterocycles. The van der Waals surface area contributed by atoms with E-state index in [0.717, 1.165) is 56.9 Å². The van der Waals surface area contributed by atoms with E-state index in [4.69, 9.17) is 15.7 Å². The van der Waals surface area contributed by atoms with Crippen molar-refractivity contribution in [2.24, 2.45) is 11.3 Å². The SMILES string of the molecule is CCc1nc2c(c(N3CC4(CCC4C)C3)n1)CCC(c1c([C@@H](C)CC)ccc(N)c1C#N)C2. The Morgan fingerprint density at radius 1 is 1.24 bits per heavy atom. The van der Waals surface area contributed by atoms with Crippen LogP contribution in [0.5, 0.6) is 0 Å². The summed E-state index contributed by atoms with van der Waals surface area (Å²) in [4.78, 5) is 12.6. The van der Waals surface area contributed by atoms with Gasteiger partial charge in [0.2, 0.25) is 0 Å². The summed E-state index contributed by atoms with van der Waals surface area (Å²) in [7, 11) is 0. The Hall–Kier alpha value is -2.61. The molecule has 2 unspecified atom stereocenters. The van der Waals surface area contributed by atoms with Gasteiger partial charge < -0.3 is 10.6 Å². The molecule has 174 valence electrons. The summed E-state index contributed by atoms with van der Waals surface area (Å²) in [6, 6.07) is 6.50. The number of nitrogens with zero attached hydrogens (tertiary/aromatic N) is 4. The molecule has 0 amide bonds. The van der Waals surface area contributed by atoms with Crippen molar-refractivity contribution in [3.05, 3.63) is 45.9 Å². The Morgan fingerprint density at radius 2 is 2.03 bits per heavy atom. The molecule has 1 aliphatic heterocycles. The van der Waals surface area contributed by atoms with Gasteiger partial charge in [-0.25, -0.2) is 9.97 Å². The van der Waals surface area contributed by atoms with Crippen LogP contribution in [-0.2, 0) is 19.3 Å². The van der Waals surface area contributed by atoms with Crippen molar-refractivity contribution in [3.8, 4) is 6.07 Å². The summed E-state index contributed by atoms with van der Waals surface area (Å²) in [5.41, 5.74) is 13.1. The predicted octanol–water partition coefficient (Wildman–Crippen LogP) is 5.52. The summed E-state index contributed by atoms with van der Waals surface area (Å²) in [5.74, 6) is 3.66. The van der Waals surface area contributed by atoms with Crippen molar-refractivity contribution in [2.45, 2.75) is 84.5 Å². The van der Waals surface area contributed by atoms with E-state index in [1.165, 1.54) is 41.0 Å². The maximum atomic E-state index is 9.98. The molecule has 2 fully saturated rings. The minimum atomic E-state index is 0.279. The summed E-state index contributed by atoms with van der Waals surface area (Å²) in [5, 5.41) is 9.98. The maximum absolute atomic E-state index is 9.98. The van der Waals surface area contributed by atoms with Gasteiger partial charge in [-0.1, -0.05) is 33.8 Å². The lowest BCUT2D eigenvalue weighted by atomic mass is 9.56. The van der Waals surface area contributed by atoms with Gasteiger partial charge in [-0.2, -0.15) is 5.26 Å². The number of aryl methyl sites for hydroxylation is 1. The van der Waals surface area contributed by atoms with Crippen LogP contribution in [-0.4, -0.2) is 23.1 Å². The molecule has 1 spiro atoms. The van der Waals surface area contributed by atoms with E-state index in [0.29, 0.717) is 22.6 Å². The highest BCUT2D eigenvalue weighted by molar-refractivity contribution is 5.63. The van der Waals surface area contributed by atoms with Gasteiger partial charge in [0.05, 0.1) is 11.3 Å². The Balaban J connectivity index is 1.50. The first kappa shape index (κ1) is 22.2. The van der Waals surface area contributed by atoms with Gasteiger partial charge in [-0.15, -0.1) is 0 Å². The molecule has 2 aromatic rings. The molecule has 1 saturated heterocycles. The molecule has 3 aliphatic rings. The molecule has 5 heteroatoms. The van der Waals surface area contributed by atoms with Gasteiger partial charge in [-0.3, -0.25) is 0 Å². The monoisotopic (exact) mass is 443 g/mol. The molecule has 1 aromatic carbocycles. The number of nitriles is 1. The highest BCUT2D eigenvalue weighted by Gasteiger charge is 2.53. The van der Waals surface area contributed by atoms with Crippen LogP contribution in [0.15, 0.2) is 12.1 Å². The van der Waals surface area contributed by atoms with Crippen LogP contribution in [0.4, 0.5) is 11.5 Å². The number of aromatic nitrogens is 2. The minimum Gasteiger partial charge on any atom is -0.398 e. The van der Waals surface area contributed by atoms with Gasteiger partial charge >= 0.3 is 0 Å². The first-order valence-corrected chi connectivity index (χ1v) is 12.9. The van der Waals surface area contributed by atoms with Crippen LogP contribution in [0.1, 0.15) is 99.0 Å². The van der Waals surface area contributed by atoms with E-state index in [9.17, 15) is 5.26 Å². The number of nitrogens with two attached hydrogens (primary N) is 1. The Bertz CT molecular complexity index is 1110. The van der Waals surface area contributed by atoms with Crippen LogP contribution in [0.2, 0.25) is 0 Å². The third-order valence-corrected chi connectivity index (χ3v) is 9.02. The van der Waals surface area contributed by atoms with Crippen molar-refractivity contribution < 1.29 is 0 Å². The number of anilines is 2. The smallest absolute Gasteiger partial charge is 0.135 e. The van der Waals surface area contributed by atoms with Crippen LogP contribution < -0.4 is 10.6 Å². The Morgan fingerprint density at radius 3 is 2.64 bits per heavy atom. The van der Waals surface area contributed by atoms with Crippen LogP contribution >= 0.6 is 0 Å². The van der Waals surface area contributed by atoms with Gasteiger partial charge in [0, 0.05) is 36.2 Å².